The fourth-order valence-corrected chi connectivity index (χ4v) is 8.81. The number of nitrogens with zero attached hydrogens (tertiary/aromatic N) is 6. The highest BCUT2D eigenvalue weighted by Gasteiger charge is 2.45. The van der Waals surface area contributed by atoms with E-state index in [0.29, 0.717) is 45.6 Å². The Balaban J connectivity index is 0.762. The van der Waals surface area contributed by atoms with Gasteiger partial charge in [0.05, 0.1) is 39.7 Å². The summed E-state index contributed by atoms with van der Waals surface area (Å²) in [6.07, 6.45) is 6.18. The number of carbonyl (C=O) groups is 5. The molecule has 56 heavy (non-hydrogen) atoms. The first-order chi connectivity index (χ1) is 27.1. The van der Waals surface area contributed by atoms with Crippen LogP contribution in [0.1, 0.15) is 71.2 Å². The molecule has 0 bridgehead atoms. The fourth-order valence-electron chi connectivity index (χ4n) is 8.60. The van der Waals surface area contributed by atoms with Gasteiger partial charge in [0.2, 0.25) is 17.7 Å². The number of aromatic nitrogens is 1. The van der Waals surface area contributed by atoms with Gasteiger partial charge in [0.25, 0.3) is 11.8 Å². The second-order valence-electron chi connectivity index (χ2n) is 15.3. The fraction of sp³-hybridized carbons (Fsp3) is 0.439. The number of piperidine rings is 2. The van der Waals surface area contributed by atoms with Crippen molar-refractivity contribution >= 4 is 58.3 Å². The third kappa shape index (κ3) is 7.79. The van der Waals surface area contributed by atoms with E-state index in [0.717, 1.165) is 87.8 Å². The molecule has 4 aliphatic heterocycles. The van der Waals surface area contributed by atoms with Gasteiger partial charge in [-0.2, -0.15) is 5.26 Å². The molecule has 290 valence electrons. The molecule has 3 atom stereocenters. The Morgan fingerprint density at radius 2 is 1.62 bits per heavy atom. The van der Waals surface area contributed by atoms with Crippen LogP contribution < -0.4 is 25.2 Å². The summed E-state index contributed by atoms with van der Waals surface area (Å²) in [6, 6.07) is 15.3. The minimum absolute atomic E-state index is 0.0619. The molecule has 2 aromatic carbocycles. The number of rotatable bonds is 9. The molecule has 3 aromatic rings. The van der Waals surface area contributed by atoms with Crippen LogP contribution in [0.15, 0.2) is 54.7 Å². The van der Waals surface area contributed by atoms with Gasteiger partial charge in [-0.15, -0.1) is 0 Å². The lowest BCUT2D eigenvalue weighted by molar-refractivity contribution is -0.136. The van der Waals surface area contributed by atoms with Gasteiger partial charge in [-0.25, -0.2) is 4.98 Å². The summed E-state index contributed by atoms with van der Waals surface area (Å²) >= 11 is 6.14. The lowest BCUT2D eigenvalue weighted by Crippen LogP contribution is -2.54. The number of benzene rings is 2. The number of nitriles is 1. The van der Waals surface area contributed by atoms with Crippen molar-refractivity contribution in [1.29, 1.82) is 5.26 Å². The highest BCUT2D eigenvalue weighted by Crippen LogP contribution is 2.34. The van der Waals surface area contributed by atoms with E-state index >= 15 is 0 Å². The van der Waals surface area contributed by atoms with E-state index in [1.54, 1.807) is 30.3 Å². The summed E-state index contributed by atoms with van der Waals surface area (Å²) in [6.45, 7) is 6.28. The molecule has 14 nitrogen and oxygen atoms in total. The molecule has 1 aromatic heterocycles. The van der Waals surface area contributed by atoms with Gasteiger partial charge >= 0.3 is 0 Å². The van der Waals surface area contributed by atoms with Crippen molar-refractivity contribution in [2.24, 2.45) is 11.8 Å². The Hall–Kier alpha value is -5.52. The van der Waals surface area contributed by atoms with Crippen molar-refractivity contribution in [3.63, 3.8) is 0 Å². The first-order valence-electron chi connectivity index (χ1n) is 19.3. The molecule has 5 amide bonds. The lowest BCUT2D eigenvalue weighted by Gasteiger charge is -2.40. The minimum Gasteiger partial charge on any atom is -0.490 e. The summed E-state index contributed by atoms with van der Waals surface area (Å²) in [5, 5.41) is 14.7. The second-order valence-corrected chi connectivity index (χ2v) is 15.7. The summed E-state index contributed by atoms with van der Waals surface area (Å²) in [4.78, 5) is 76.1. The maximum atomic E-state index is 13.3. The normalized spacial score (nSPS) is 23.2. The smallest absolute Gasteiger partial charge is 0.262 e. The van der Waals surface area contributed by atoms with Crippen LogP contribution in [0.25, 0.3) is 0 Å². The highest BCUT2D eigenvalue weighted by molar-refractivity contribution is 6.31. The molecule has 5 heterocycles. The van der Waals surface area contributed by atoms with E-state index in [1.165, 1.54) is 0 Å². The average Bonchev–Trinajstić information content (AvgIpc) is 3.77. The van der Waals surface area contributed by atoms with Crippen LogP contribution in [0.3, 0.4) is 0 Å². The van der Waals surface area contributed by atoms with Crippen molar-refractivity contribution in [2.45, 2.75) is 57.1 Å². The van der Waals surface area contributed by atoms with Crippen molar-refractivity contribution in [3.05, 3.63) is 76.4 Å². The van der Waals surface area contributed by atoms with Crippen LogP contribution >= 0.6 is 11.6 Å². The lowest BCUT2D eigenvalue weighted by atomic mass is 9.95. The molecule has 2 N–H and O–H groups in total. The Bertz CT molecular complexity index is 2090. The predicted molar refractivity (Wildman–Crippen MR) is 207 cm³/mol. The van der Waals surface area contributed by atoms with Crippen molar-refractivity contribution in [3.8, 4) is 11.8 Å². The number of halogens is 1. The molecular weight excluding hydrogens is 736 g/mol. The molecule has 8 rings (SSSR count). The molecular formula is C41H43ClN8O6. The van der Waals surface area contributed by atoms with Crippen LogP contribution in [-0.4, -0.2) is 102 Å². The Morgan fingerprint density at radius 1 is 0.875 bits per heavy atom. The van der Waals surface area contributed by atoms with Gasteiger partial charge in [0, 0.05) is 69.9 Å². The minimum atomic E-state index is -0.974. The number of amides is 5. The summed E-state index contributed by atoms with van der Waals surface area (Å²) in [5.41, 5.74) is 2.92. The molecule has 1 unspecified atom stereocenters. The molecule has 5 aliphatic rings. The second kappa shape index (κ2) is 15.9. The average molecular weight is 779 g/mol. The highest BCUT2D eigenvalue weighted by atomic mass is 35.5. The first kappa shape index (κ1) is 37.4. The van der Waals surface area contributed by atoms with Crippen molar-refractivity contribution in [1.82, 2.24) is 20.1 Å². The van der Waals surface area contributed by atoms with E-state index in [2.05, 4.69) is 30.3 Å². The Morgan fingerprint density at radius 3 is 2.34 bits per heavy atom. The van der Waals surface area contributed by atoms with Crippen molar-refractivity contribution < 1.29 is 28.7 Å². The molecule has 0 spiro atoms. The number of nitrogens with one attached hydrogen (secondary N) is 2. The van der Waals surface area contributed by atoms with Gasteiger partial charge in [0.1, 0.15) is 23.7 Å². The van der Waals surface area contributed by atoms with E-state index in [4.69, 9.17) is 21.6 Å². The Kier molecular flexibility index (Phi) is 10.6. The quantitative estimate of drug-likeness (QED) is 0.299. The van der Waals surface area contributed by atoms with Gasteiger partial charge < -0.3 is 19.9 Å². The zero-order valence-corrected chi connectivity index (χ0v) is 31.7. The van der Waals surface area contributed by atoms with E-state index in [9.17, 15) is 24.0 Å². The number of ether oxygens (including phenoxy) is 1. The SMILES string of the molecule is N#Cc1ccc(O[C@@H]2CC[C@@H](C(=O)Nc3ccc(N4CCC(CN5CCN(c6ccc7c(c6)C(=O)N(C6CCC(=O)NC6=O)C7=O)CC5)CC4)cn3)C2)cc1Cl. The zero-order valence-electron chi connectivity index (χ0n) is 30.9. The van der Waals surface area contributed by atoms with Crippen LogP contribution in [0.5, 0.6) is 5.75 Å². The molecule has 0 radical (unpaired) electrons. The van der Waals surface area contributed by atoms with Crippen LogP contribution in [-0.2, 0) is 14.4 Å². The number of piperazine rings is 1. The maximum absolute atomic E-state index is 13.3. The number of hydrogen-bond acceptors (Lipinski definition) is 11. The standard InChI is InChI=1S/C41H43ClN8O6/c42-34-21-31(6-2-27(34)22-43)56-30-5-1-26(19-30)38(52)45-36-9-4-29(23-44-36)48-13-11-25(12-14-48)24-47-15-17-49(18-16-47)28-3-7-32-33(20-28)41(55)50(40(32)54)35-8-10-37(51)46-39(35)53/h2-4,6-7,9,20-21,23,25-26,30,35H,1,5,8,10-19,24H2,(H,44,45,52)(H,46,51,53)/t26-,30-,35?/m1/s1. The van der Waals surface area contributed by atoms with Crippen molar-refractivity contribution in [2.75, 3.05) is 60.9 Å². The number of carbonyl (C=O) groups excluding carboxylic acids is 5. The monoisotopic (exact) mass is 778 g/mol. The Labute approximate surface area is 329 Å². The third-order valence-corrected chi connectivity index (χ3v) is 12.1. The maximum Gasteiger partial charge on any atom is 0.262 e. The number of anilines is 3. The first-order valence-corrected chi connectivity index (χ1v) is 19.7. The molecule has 1 saturated carbocycles. The van der Waals surface area contributed by atoms with E-state index in [-0.39, 0.29) is 30.8 Å². The zero-order chi connectivity index (χ0) is 38.9. The molecule has 3 saturated heterocycles. The molecule has 4 fully saturated rings. The van der Waals surface area contributed by atoms with Gasteiger partial charge in [-0.05, 0) is 86.9 Å². The van der Waals surface area contributed by atoms with Gasteiger partial charge in [-0.3, -0.25) is 39.1 Å². The number of pyridine rings is 1. The van der Waals surface area contributed by atoms with Gasteiger partial charge in [-0.1, -0.05) is 11.6 Å². The molecule has 15 heteroatoms. The molecule has 1 aliphatic carbocycles. The number of fused-ring (bicyclic) bond motifs is 1. The van der Waals surface area contributed by atoms with E-state index < -0.39 is 29.7 Å². The summed E-state index contributed by atoms with van der Waals surface area (Å²) in [7, 11) is 0. The largest absolute Gasteiger partial charge is 0.490 e. The van der Waals surface area contributed by atoms with Crippen LogP contribution in [0.2, 0.25) is 5.02 Å². The third-order valence-electron chi connectivity index (χ3n) is 11.8. The topological polar surface area (TPSA) is 168 Å². The number of hydrogen-bond donors (Lipinski definition) is 2. The summed E-state index contributed by atoms with van der Waals surface area (Å²) < 4.78 is 6.05. The number of imide groups is 2. The summed E-state index contributed by atoms with van der Waals surface area (Å²) in [5.74, 6) is -0.506. The van der Waals surface area contributed by atoms with Crippen LogP contribution in [0, 0.1) is 23.2 Å². The van der Waals surface area contributed by atoms with Crippen LogP contribution in [0.4, 0.5) is 17.2 Å². The van der Waals surface area contributed by atoms with E-state index in [1.807, 2.05) is 30.5 Å². The predicted octanol–water partition coefficient (Wildman–Crippen LogP) is 4.23. The van der Waals surface area contributed by atoms with Gasteiger partial charge in [0.15, 0.2) is 0 Å².